The summed E-state index contributed by atoms with van der Waals surface area (Å²) in [4.78, 5) is 15.0. The van der Waals surface area contributed by atoms with Crippen molar-refractivity contribution in [2.75, 3.05) is 32.4 Å². The van der Waals surface area contributed by atoms with Gasteiger partial charge in [0.1, 0.15) is 6.04 Å². The minimum absolute atomic E-state index is 0.112. The van der Waals surface area contributed by atoms with E-state index in [2.05, 4.69) is 35.5 Å². The van der Waals surface area contributed by atoms with Crippen molar-refractivity contribution in [3.8, 4) is 0 Å². The first-order valence-corrected chi connectivity index (χ1v) is 11.7. The molecule has 1 aliphatic rings. The van der Waals surface area contributed by atoms with Gasteiger partial charge in [0, 0.05) is 13.1 Å². The van der Waals surface area contributed by atoms with Crippen molar-refractivity contribution in [1.82, 2.24) is 14.5 Å². The molecule has 1 aromatic rings. The van der Waals surface area contributed by atoms with Gasteiger partial charge in [0.25, 0.3) is 0 Å². The molecule has 1 amide bonds. The van der Waals surface area contributed by atoms with E-state index in [0.29, 0.717) is 19.5 Å². The van der Waals surface area contributed by atoms with Crippen LogP contribution in [0, 0.1) is 0 Å². The number of nitrogens with zero attached hydrogens (tertiary/aromatic N) is 2. The van der Waals surface area contributed by atoms with Crippen molar-refractivity contribution in [2.45, 2.75) is 45.2 Å². The molecule has 1 saturated heterocycles. The van der Waals surface area contributed by atoms with Gasteiger partial charge in [-0.3, -0.25) is 9.69 Å². The molecular weight excluding hydrogens is 358 g/mol. The van der Waals surface area contributed by atoms with E-state index < -0.39 is 16.1 Å². The number of rotatable bonds is 8. The molecule has 2 heterocycles. The summed E-state index contributed by atoms with van der Waals surface area (Å²) in [6, 6.07) is 1.62. The van der Waals surface area contributed by atoms with Crippen LogP contribution in [0.1, 0.15) is 44.7 Å². The van der Waals surface area contributed by atoms with Crippen LogP contribution in [0.5, 0.6) is 0 Å². The lowest BCUT2D eigenvalue weighted by atomic mass is 10.0. The summed E-state index contributed by atoms with van der Waals surface area (Å²) in [5.41, 5.74) is 1.19. The molecule has 0 bridgehead atoms. The zero-order valence-corrected chi connectivity index (χ0v) is 16.9. The van der Waals surface area contributed by atoms with Gasteiger partial charge in [-0.25, -0.2) is 8.42 Å². The fourth-order valence-corrected chi connectivity index (χ4v) is 5.30. The lowest BCUT2D eigenvalue weighted by Gasteiger charge is -2.34. The summed E-state index contributed by atoms with van der Waals surface area (Å²) < 4.78 is 25.3. The standard InChI is InChI=1S/C17H29N3O3S2/c1-4-19(5-2)16(14-9-11-24-13-14)12-18-17(21)15-8-6-7-10-20(15)25(3,22)23/h9,11,13,15-16H,4-8,10,12H2,1-3H3,(H,18,21)/t15-,16-/m1/s1. The van der Waals surface area contributed by atoms with Crippen molar-refractivity contribution in [3.05, 3.63) is 22.4 Å². The largest absolute Gasteiger partial charge is 0.353 e. The smallest absolute Gasteiger partial charge is 0.238 e. The molecule has 0 radical (unpaired) electrons. The highest BCUT2D eigenvalue weighted by atomic mass is 32.2. The second-order valence-corrected chi connectivity index (χ2v) is 9.14. The van der Waals surface area contributed by atoms with Gasteiger partial charge in [0.2, 0.25) is 15.9 Å². The second kappa shape index (κ2) is 9.12. The van der Waals surface area contributed by atoms with Gasteiger partial charge in [-0.05, 0) is 48.3 Å². The summed E-state index contributed by atoms with van der Waals surface area (Å²) in [5.74, 6) is -0.183. The third-order valence-electron chi connectivity index (χ3n) is 4.83. The van der Waals surface area contributed by atoms with Crippen LogP contribution in [-0.4, -0.2) is 62.0 Å². The highest BCUT2D eigenvalue weighted by Crippen LogP contribution is 2.23. The lowest BCUT2D eigenvalue weighted by Crippen LogP contribution is -2.52. The van der Waals surface area contributed by atoms with E-state index in [9.17, 15) is 13.2 Å². The van der Waals surface area contributed by atoms with E-state index in [1.807, 2.05) is 5.38 Å². The van der Waals surface area contributed by atoms with Crippen LogP contribution in [0.15, 0.2) is 16.8 Å². The number of sulfonamides is 1. The van der Waals surface area contributed by atoms with E-state index in [1.54, 1.807) is 11.3 Å². The average Bonchev–Trinajstić information content (AvgIpc) is 3.11. The molecule has 0 aliphatic carbocycles. The molecule has 1 aromatic heterocycles. The molecule has 8 heteroatoms. The molecule has 142 valence electrons. The van der Waals surface area contributed by atoms with Crippen LogP contribution in [0.25, 0.3) is 0 Å². The van der Waals surface area contributed by atoms with E-state index in [0.717, 1.165) is 25.9 Å². The van der Waals surface area contributed by atoms with Crippen molar-refractivity contribution in [2.24, 2.45) is 0 Å². The molecule has 2 rings (SSSR count). The molecule has 0 saturated carbocycles. The number of amides is 1. The molecule has 0 spiro atoms. The number of nitrogens with one attached hydrogen (secondary N) is 1. The summed E-state index contributed by atoms with van der Waals surface area (Å²) >= 11 is 1.65. The van der Waals surface area contributed by atoms with Crippen LogP contribution in [0.2, 0.25) is 0 Å². The Morgan fingerprint density at radius 1 is 1.40 bits per heavy atom. The number of carbonyl (C=O) groups is 1. The van der Waals surface area contributed by atoms with Crippen LogP contribution in [0.4, 0.5) is 0 Å². The molecule has 0 aromatic carbocycles. The van der Waals surface area contributed by atoms with E-state index in [1.165, 1.54) is 16.1 Å². The summed E-state index contributed by atoms with van der Waals surface area (Å²) in [6.45, 7) is 6.93. The number of hydrogen-bond acceptors (Lipinski definition) is 5. The average molecular weight is 388 g/mol. The molecule has 1 fully saturated rings. The summed E-state index contributed by atoms with van der Waals surface area (Å²) in [6.07, 6.45) is 3.47. The Bertz CT molecular complexity index is 642. The number of carbonyl (C=O) groups excluding carboxylic acids is 1. The van der Waals surface area contributed by atoms with Crippen LogP contribution >= 0.6 is 11.3 Å². The third-order valence-corrected chi connectivity index (χ3v) is 6.82. The predicted molar refractivity (Wildman–Crippen MR) is 102 cm³/mol. The van der Waals surface area contributed by atoms with Gasteiger partial charge in [-0.1, -0.05) is 20.3 Å². The maximum Gasteiger partial charge on any atom is 0.238 e. The number of thiophene rings is 1. The minimum atomic E-state index is -3.36. The number of likely N-dealkylation sites (N-methyl/N-ethyl adjacent to an activating group) is 1. The number of hydrogen-bond donors (Lipinski definition) is 1. The van der Waals surface area contributed by atoms with Gasteiger partial charge >= 0.3 is 0 Å². The van der Waals surface area contributed by atoms with Gasteiger partial charge < -0.3 is 5.32 Å². The maximum atomic E-state index is 12.7. The monoisotopic (exact) mass is 387 g/mol. The third kappa shape index (κ3) is 5.26. The minimum Gasteiger partial charge on any atom is -0.353 e. The highest BCUT2D eigenvalue weighted by molar-refractivity contribution is 7.88. The molecule has 6 nitrogen and oxygen atoms in total. The zero-order valence-electron chi connectivity index (χ0n) is 15.3. The Morgan fingerprint density at radius 3 is 2.68 bits per heavy atom. The van der Waals surface area contributed by atoms with Crippen molar-refractivity contribution in [3.63, 3.8) is 0 Å². The molecule has 1 aliphatic heterocycles. The quantitative estimate of drug-likeness (QED) is 0.741. The van der Waals surface area contributed by atoms with Crippen LogP contribution in [0.3, 0.4) is 0 Å². The Labute approximate surface area is 155 Å². The topological polar surface area (TPSA) is 69.7 Å². The van der Waals surface area contributed by atoms with E-state index in [-0.39, 0.29) is 11.9 Å². The first-order chi connectivity index (χ1) is 11.9. The Kier molecular flexibility index (Phi) is 7.42. The predicted octanol–water partition coefficient (Wildman–Crippen LogP) is 2.06. The van der Waals surface area contributed by atoms with Crippen molar-refractivity contribution in [1.29, 1.82) is 0 Å². The second-order valence-electron chi connectivity index (χ2n) is 6.42. The fraction of sp³-hybridized carbons (Fsp3) is 0.706. The van der Waals surface area contributed by atoms with E-state index >= 15 is 0 Å². The van der Waals surface area contributed by atoms with E-state index in [4.69, 9.17) is 0 Å². The molecule has 2 atom stereocenters. The Hall–Kier alpha value is -0.960. The Balaban J connectivity index is 2.07. The molecule has 25 heavy (non-hydrogen) atoms. The SMILES string of the molecule is CCN(CC)[C@H](CNC(=O)[C@H]1CCCCN1S(C)(=O)=O)c1ccsc1. The normalized spacial score (nSPS) is 20.6. The number of piperidine rings is 1. The maximum absolute atomic E-state index is 12.7. The summed E-state index contributed by atoms with van der Waals surface area (Å²) in [7, 11) is -3.36. The van der Waals surface area contributed by atoms with Crippen molar-refractivity contribution >= 4 is 27.3 Å². The van der Waals surface area contributed by atoms with Crippen molar-refractivity contribution < 1.29 is 13.2 Å². The first-order valence-electron chi connectivity index (χ1n) is 8.89. The van der Waals surface area contributed by atoms with Gasteiger partial charge in [0.15, 0.2) is 0 Å². The van der Waals surface area contributed by atoms with Gasteiger partial charge in [-0.2, -0.15) is 15.6 Å². The molecular formula is C17H29N3O3S2. The first kappa shape index (κ1) is 20.4. The lowest BCUT2D eigenvalue weighted by molar-refractivity contribution is -0.126. The molecule has 1 N–H and O–H groups in total. The van der Waals surface area contributed by atoms with Gasteiger partial charge in [0.05, 0.1) is 12.3 Å². The molecule has 0 unspecified atom stereocenters. The zero-order chi connectivity index (χ0) is 18.4. The highest BCUT2D eigenvalue weighted by Gasteiger charge is 2.34. The fourth-order valence-electron chi connectivity index (χ4n) is 3.47. The Morgan fingerprint density at radius 2 is 2.12 bits per heavy atom. The van der Waals surface area contributed by atoms with Crippen LogP contribution < -0.4 is 5.32 Å². The van der Waals surface area contributed by atoms with Crippen LogP contribution in [-0.2, 0) is 14.8 Å². The van der Waals surface area contributed by atoms with Gasteiger partial charge in [-0.15, -0.1) is 0 Å². The summed E-state index contributed by atoms with van der Waals surface area (Å²) in [5, 5.41) is 7.16.